The topological polar surface area (TPSA) is 20.2 Å². The van der Waals surface area contributed by atoms with Gasteiger partial charge in [-0.1, -0.05) is 12.2 Å². The molecule has 0 aliphatic rings. The second-order valence-corrected chi connectivity index (χ2v) is 3.73. The van der Waals surface area contributed by atoms with Crippen molar-refractivity contribution in [3.8, 4) is 5.75 Å². The highest BCUT2D eigenvalue weighted by Gasteiger charge is 2.02. The Hall–Kier alpha value is -0.890. The van der Waals surface area contributed by atoms with Gasteiger partial charge in [0.15, 0.2) is 0 Å². The monoisotopic (exact) mass is 194 g/mol. The minimum atomic E-state index is 0.355. The Bertz CT molecular complexity index is 329. The van der Waals surface area contributed by atoms with Gasteiger partial charge < -0.3 is 5.11 Å². The molecule has 0 heterocycles. The molecule has 0 amide bonds. The van der Waals surface area contributed by atoms with E-state index in [1.54, 1.807) is 17.8 Å². The molecule has 0 radical (unpaired) electrons. The molecule has 0 saturated heterocycles. The zero-order valence-electron chi connectivity index (χ0n) is 8.16. The number of phenols is 1. The van der Waals surface area contributed by atoms with Crippen LogP contribution in [0.25, 0.3) is 6.08 Å². The minimum Gasteiger partial charge on any atom is -0.507 e. The first kappa shape index (κ1) is 10.2. The summed E-state index contributed by atoms with van der Waals surface area (Å²) in [6, 6.07) is 3.82. The summed E-state index contributed by atoms with van der Waals surface area (Å²) >= 11 is 1.70. The van der Waals surface area contributed by atoms with Crippen LogP contribution in [0.3, 0.4) is 0 Å². The molecule has 0 bridgehead atoms. The summed E-state index contributed by atoms with van der Waals surface area (Å²) in [7, 11) is 0. The maximum Gasteiger partial charge on any atom is 0.123 e. The second kappa shape index (κ2) is 4.38. The summed E-state index contributed by atoms with van der Waals surface area (Å²) in [4.78, 5) is 1.21. The molecule has 2 heteroatoms. The molecule has 0 aliphatic carbocycles. The van der Waals surface area contributed by atoms with Crippen molar-refractivity contribution in [2.75, 3.05) is 6.26 Å². The van der Waals surface area contributed by atoms with Crippen molar-refractivity contribution in [3.05, 3.63) is 29.3 Å². The molecule has 0 spiro atoms. The predicted molar refractivity (Wildman–Crippen MR) is 59.3 cm³/mol. The van der Waals surface area contributed by atoms with Gasteiger partial charge in [0.1, 0.15) is 5.75 Å². The van der Waals surface area contributed by atoms with Crippen LogP contribution in [-0.2, 0) is 0 Å². The molecule has 0 aliphatic heterocycles. The third kappa shape index (κ3) is 2.28. The van der Waals surface area contributed by atoms with Crippen molar-refractivity contribution in [2.45, 2.75) is 18.7 Å². The van der Waals surface area contributed by atoms with E-state index >= 15 is 0 Å². The number of allylic oxidation sites excluding steroid dienone is 1. The molecular formula is C11H14OS. The van der Waals surface area contributed by atoms with Crippen LogP contribution in [-0.4, -0.2) is 11.4 Å². The van der Waals surface area contributed by atoms with Crippen LogP contribution >= 0.6 is 11.8 Å². The quantitative estimate of drug-likeness (QED) is 0.728. The van der Waals surface area contributed by atoms with Gasteiger partial charge in [0.2, 0.25) is 0 Å². The van der Waals surface area contributed by atoms with E-state index in [-0.39, 0.29) is 0 Å². The third-order valence-electron chi connectivity index (χ3n) is 1.89. The molecule has 70 valence electrons. The molecule has 0 unspecified atom stereocenters. The van der Waals surface area contributed by atoms with Crippen molar-refractivity contribution in [1.82, 2.24) is 0 Å². The van der Waals surface area contributed by atoms with E-state index in [9.17, 15) is 5.11 Å². The van der Waals surface area contributed by atoms with E-state index < -0.39 is 0 Å². The molecule has 0 fully saturated rings. The Morgan fingerprint density at radius 2 is 2.08 bits per heavy atom. The van der Waals surface area contributed by atoms with Crippen LogP contribution in [0.4, 0.5) is 0 Å². The van der Waals surface area contributed by atoms with E-state index in [1.807, 2.05) is 38.3 Å². The Morgan fingerprint density at radius 3 is 2.62 bits per heavy atom. The van der Waals surface area contributed by atoms with Crippen molar-refractivity contribution < 1.29 is 5.11 Å². The van der Waals surface area contributed by atoms with E-state index in [2.05, 4.69) is 0 Å². The molecule has 1 nitrogen and oxygen atoms in total. The Balaban J connectivity index is 3.22. The van der Waals surface area contributed by atoms with Crippen LogP contribution < -0.4 is 0 Å². The molecule has 1 aromatic rings. The Morgan fingerprint density at radius 1 is 1.38 bits per heavy atom. The lowest BCUT2D eigenvalue weighted by Gasteiger charge is -2.06. The van der Waals surface area contributed by atoms with Gasteiger partial charge in [0.05, 0.1) is 0 Å². The van der Waals surface area contributed by atoms with Gasteiger partial charge in [-0.2, -0.15) is 0 Å². The molecule has 13 heavy (non-hydrogen) atoms. The fourth-order valence-corrected chi connectivity index (χ4v) is 1.85. The lowest BCUT2D eigenvalue weighted by Crippen LogP contribution is -1.82. The molecule has 1 N–H and O–H groups in total. The van der Waals surface area contributed by atoms with E-state index in [0.29, 0.717) is 5.75 Å². The zero-order valence-corrected chi connectivity index (χ0v) is 8.98. The number of rotatable bonds is 2. The van der Waals surface area contributed by atoms with Crippen LogP contribution in [0, 0.1) is 6.92 Å². The van der Waals surface area contributed by atoms with E-state index in [1.165, 1.54) is 4.90 Å². The number of phenolic OH excluding ortho intramolecular Hbond substituents is 1. The first-order valence-electron chi connectivity index (χ1n) is 4.19. The van der Waals surface area contributed by atoms with Gasteiger partial charge in [-0.3, -0.25) is 0 Å². The normalized spacial score (nSPS) is 11.0. The van der Waals surface area contributed by atoms with Crippen molar-refractivity contribution >= 4 is 17.8 Å². The number of hydrogen-bond donors (Lipinski definition) is 1. The summed E-state index contributed by atoms with van der Waals surface area (Å²) in [5, 5.41) is 9.58. The highest BCUT2D eigenvalue weighted by atomic mass is 32.2. The van der Waals surface area contributed by atoms with Gasteiger partial charge in [-0.05, 0) is 37.8 Å². The fraction of sp³-hybridized carbons (Fsp3) is 0.273. The molecular weight excluding hydrogens is 180 g/mol. The molecule has 1 rings (SSSR count). The number of aromatic hydroxyl groups is 1. The average molecular weight is 194 g/mol. The fourth-order valence-electron chi connectivity index (χ4n) is 1.22. The molecule has 0 aromatic heterocycles. The van der Waals surface area contributed by atoms with Crippen molar-refractivity contribution in [2.24, 2.45) is 0 Å². The van der Waals surface area contributed by atoms with Crippen LogP contribution in [0.5, 0.6) is 5.75 Å². The maximum atomic E-state index is 9.58. The molecule has 1 aromatic carbocycles. The standard InChI is InChI=1S/C11H14OS/c1-4-5-9-7-11(13-3)8(2)6-10(9)12/h4-7,12H,1-3H3/b5-4+. The smallest absolute Gasteiger partial charge is 0.123 e. The SMILES string of the molecule is C/C=C/c1cc(SC)c(C)cc1O. The summed E-state index contributed by atoms with van der Waals surface area (Å²) < 4.78 is 0. The number of hydrogen-bond acceptors (Lipinski definition) is 2. The van der Waals surface area contributed by atoms with E-state index in [4.69, 9.17) is 0 Å². The summed E-state index contributed by atoms with van der Waals surface area (Å²) in [5.74, 6) is 0.355. The van der Waals surface area contributed by atoms with Crippen LogP contribution in [0.15, 0.2) is 23.1 Å². The first-order chi connectivity index (χ1) is 6.19. The minimum absolute atomic E-state index is 0.355. The second-order valence-electron chi connectivity index (χ2n) is 2.88. The highest BCUT2D eigenvalue weighted by molar-refractivity contribution is 7.98. The largest absolute Gasteiger partial charge is 0.507 e. The number of aryl methyl sites for hydroxylation is 1. The van der Waals surface area contributed by atoms with Crippen molar-refractivity contribution in [1.29, 1.82) is 0 Å². The van der Waals surface area contributed by atoms with Gasteiger partial charge in [-0.15, -0.1) is 11.8 Å². The Kier molecular flexibility index (Phi) is 3.43. The van der Waals surface area contributed by atoms with Crippen LogP contribution in [0.2, 0.25) is 0 Å². The molecule has 0 saturated carbocycles. The predicted octanol–water partition coefficient (Wildman–Crippen LogP) is 3.46. The average Bonchev–Trinajstić information content (AvgIpc) is 2.10. The number of benzene rings is 1. The lowest BCUT2D eigenvalue weighted by atomic mass is 10.1. The summed E-state index contributed by atoms with van der Waals surface area (Å²) in [6.07, 6.45) is 5.88. The highest BCUT2D eigenvalue weighted by Crippen LogP contribution is 2.28. The van der Waals surface area contributed by atoms with Gasteiger partial charge in [0, 0.05) is 10.5 Å². The van der Waals surface area contributed by atoms with Gasteiger partial charge in [0.25, 0.3) is 0 Å². The van der Waals surface area contributed by atoms with Crippen LogP contribution in [0.1, 0.15) is 18.1 Å². The number of thioether (sulfide) groups is 1. The summed E-state index contributed by atoms with van der Waals surface area (Å²) in [5.41, 5.74) is 2.01. The zero-order chi connectivity index (χ0) is 9.84. The molecule has 0 atom stereocenters. The third-order valence-corrected chi connectivity index (χ3v) is 2.77. The lowest BCUT2D eigenvalue weighted by molar-refractivity contribution is 0.473. The van der Waals surface area contributed by atoms with Gasteiger partial charge >= 0.3 is 0 Å². The first-order valence-corrected chi connectivity index (χ1v) is 5.41. The maximum absolute atomic E-state index is 9.58. The van der Waals surface area contributed by atoms with Crippen molar-refractivity contribution in [3.63, 3.8) is 0 Å². The Labute approximate surface area is 83.5 Å². The van der Waals surface area contributed by atoms with Gasteiger partial charge in [-0.25, -0.2) is 0 Å². The van der Waals surface area contributed by atoms with E-state index in [0.717, 1.165) is 11.1 Å². The summed E-state index contributed by atoms with van der Waals surface area (Å²) in [6.45, 7) is 3.95.